The number of aromatic amines is 1. The van der Waals surface area contributed by atoms with E-state index >= 15 is 0 Å². The summed E-state index contributed by atoms with van der Waals surface area (Å²) in [6, 6.07) is 14.3. The maximum Gasteiger partial charge on any atom is 0.343 e. The van der Waals surface area contributed by atoms with Crippen LogP contribution in [0.3, 0.4) is 0 Å². The first-order chi connectivity index (χ1) is 10.7. The summed E-state index contributed by atoms with van der Waals surface area (Å²) in [5, 5.41) is 3.36. The van der Waals surface area contributed by atoms with Crippen molar-refractivity contribution < 1.29 is 14.1 Å². The molecule has 22 heavy (non-hydrogen) atoms. The van der Waals surface area contributed by atoms with E-state index < -0.39 is 0 Å². The first-order valence-corrected chi connectivity index (χ1v) is 7.10. The minimum Gasteiger partial charge on any atom is -0.465 e. The Kier molecular flexibility index (Phi) is 2.66. The lowest BCUT2D eigenvalue weighted by molar-refractivity contribution is -0.645. The molecule has 0 spiro atoms. The fourth-order valence-electron chi connectivity index (χ4n) is 3.08. The lowest BCUT2D eigenvalue weighted by atomic mass is 10.1. The van der Waals surface area contributed by atoms with Crippen molar-refractivity contribution in [3.63, 3.8) is 0 Å². The van der Waals surface area contributed by atoms with Crippen LogP contribution in [0.2, 0.25) is 0 Å². The number of esters is 1. The standard InChI is InChI=1S/C18H14N2O2/c1-20-10-11(18(21)22-2)9-14-16(20)8-7-13-12-5-3-4-6-15(12)19-17(13)14/h3-10H,1-2H3/p+1. The number of fused-ring (bicyclic) bond motifs is 5. The highest BCUT2D eigenvalue weighted by Crippen LogP contribution is 2.30. The summed E-state index contributed by atoms with van der Waals surface area (Å²) >= 11 is 0. The maximum atomic E-state index is 11.9. The van der Waals surface area contributed by atoms with Crippen molar-refractivity contribution in [2.45, 2.75) is 0 Å². The van der Waals surface area contributed by atoms with E-state index in [1.165, 1.54) is 12.5 Å². The topological polar surface area (TPSA) is 46.0 Å². The van der Waals surface area contributed by atoms with Crippen LogP contribution in [0.1, 0.15) is 10.4 Å². The zero-order valence-corrected chi connectivity index (χ0v) is 12.4. The van der Waals surface area contributed by atoms with E-state index in [1.807, 2.05) is 29.8 Å². The van der Waals surface area contributed by atoms with E-state index in [-0.39, 0.29) is 5.97 Å². The summed E-state index contributed by atoms with van der Waals surface area (Å²) in [6.07, 6.45) is 1.79. The molecule has 4 heteroatoms. The van der Waals surface area contributed by atoms with Crippen molar-refractivity contribution in [1.29, 1.82) is 0 Å². The van der Waals surface area contributed by atoms with Gasteiger partial charge in [-0.05, 0) is 18.2 Å². The van der Waals surface area contributed by atoms with Gasteiger partial charge in [-0.25, -0.2) is 9.36 Å². The minimum atomic E-state index is -0.328. The highest BCUT2D eigenvalue weighted by Gasteiger charge is 2.17. The monoisotopic (exact) mass is 291 g/mol. The third-order valence-corrected chi connectivity index (χ3v) is 4.13. The Morgan fingerprint density at radius 3 is 2.73 bits per heavy atom. The number of rotatable bonds is 1. The number of benzene rings is 2. The summed E-state index contributed by atoms with van der Waals surface area (Å²) in [6.45, 7) is 0. The molecule has 0 fully saturated rings. The molecule has 2 aromatic heterocycles. The van der Waals surface area contributed by atoms with Gasteiger partial charge in [-0.1, -0.05) is 18.2 Å². The number of pyridine rings is 1. The van der Waals surface area contributed by atoms with E-state index in [1.54, 1.807) is 6.20 Å². The smallest absolute Gasteiger partial charge is 0.343 e. The van der Waals surface area contributed by atoms with Gasteiger partial charge in [0.05, 0.1) is 18.0 Å². The minimum absolute atomic E-state index is 0.328. The van der Waals surface area contributed by atoms with Gasteiger partial charge in [0.2, 0.25) is 5.52 Å². The fourth-order valence-corrected chi connectivity index (χ4v) is 3.08. The Bertz CT molecular complexity index is 1050. The molecule has 1 N–H and O–H groups in total. The van der Waals surface area contributed by atoms with Gasteiger partial charge in [-0.2, -0.15) is 0 Å². The zero-order valence-electron chi connectivity index (χ0n) is 12.4. The van der Waals surface area contributed by atoms with E-state index in [2.05, 4.69) is 29.2 Å². The van der Waals surface area contributed by atoms with Crippen molar-refractivity contribution in [2.75, 3.05) is 7.11 Å². The lowest BCUT2D eigenvalue weighted by Crippen LogP contribution is -2.30. The number of aromatic nitrogens is 2. The maximum absolute atomic E-state index is 11.9. The van der Waals surface area contributed by atoms with Crippen LogP contribution in [-0.4, -0.2) is 18.1 Å². The van der Waals surface area contributed by atoms with Crippen molar-refractivity contribution in [3.05, 3.63) is 54.2 Å². The summed E-state index contributed by atoms with van der Waals surface area (Å²) in [7, 11) is 3.33. The second kappa shape index (κ2) is 4.56. The van der Waals surface area contributed by atoms with Gasteiger partial charge in [-0.15, -0.1) is 0 Å². The highest BCUT2D eigenvalue weighted by molar-refractivity contribution is 6.16. The molecule has 0 saturated heterocycles. The van der Waals surface area contributed by atoms with Crippen LogP contribution in [-0.2, 0) is 11.8 Å². The van der Waals surface area contributed by atoms with Crippen LogP contribution in [0, 0.1) is 0 Å². The van der Waals surface area contributed by atoms with E-state index in [9.17, 15) is 4.79 Å². The second-order valence-electron chi connectivity index (χ2n) is 5.42. The normalized spacial score (nSPS) is 11.4. The average molecular weight is 291 g/mol. The van der Waals surface area contributed by atoms with E-state index in [4.69, 9.17) is 4.74 Å². The Labute approximate surface area is 126 Å². The molecule has 0 saturated carbocycles. The number of carbonyl (C=O) groups is 1. The molecule has 2 heterocycles. The Balaban J connectivity index is 2.17. The second-order valence-corrected chi connectivity index (χ2v) is 5.42. The molecule has 2 aromatic carbocycles. The lowest BCUT2D eigenvalue weighted by Gasteiger charge is -2.02. The largest absolute Gasteiger partial charge is 0.465 e. The SMILES string of the molecule is COC(=O)c1cc2c3[nH]c4ccccc4c3ccc2[n+](C)c1. The van der Waals surface area contributed by atoms with E-state index in [0.717, 1.165) is 27.3 Å². The number of para-hydroxylation sites is 1. The molecule has 108 valence electrons. The predicted molar refractivity (Wildman–Crippen MR) is 85.8 cm³/mol. The zero-order chi connectivity index (χ0) is 15.3. The van der Waals surface area contributed by atoms with Gasteiger partial charge in [0, 0.05) is 22.4 Å². The van der Waals surface area contributed by atoms with Crippen LogP contribution in [0.25, 0.3) is 32.7 Å². The van der Waals surface area contributed by atoms with Crippen molar-refractivity contribution in [3.8, 4) is 0 Å². The first kappa shape index (κ1) is 12.8. The predicted octanol–water partition coefficient (Wildman–Crippen LogP) is 3.09. The van der Waals surface area contributed by atoms with Crippen molar-refractivity contribution in [2.24, 2.45) is 7.05 Å². The number of hydrogen-bond donors (Lipinski definition) is 1. The van der Waals surface area contributed by atoms with Crippen LogP contribution in [0.15, 0.2) is 48.7 Å². The number of nitrogens with zero attached hydrogens (tertiary/aromatic N) is 1. The molecular weight excluding hydrogens is 276 g/mol. The molecule has 0 aliphatic rings. The molecule has 4 rings (SSSR count). The number of methoxy groups -OCH3 is 1. The van der Waals surface area contributed by atoms with Crippen molar-refractivity contribution in [1.82, 2.24) is 4.98 Å². The molecule has 0 amide bonds. The van der Waals surface area contributed by atoms with Gasteiger partial charge >= 0.3 is 5.97 Å². The molecule has 0 atom stereocenters. The molecule has 4 aromatic rings. The Morgan fingerprint density at radius 2 is 1.91 bits per heavy atom. The first-order valence-electron chi connectivity index (χ1n) is 7.10. The van der Waals surface area contributed by atoms with Crippen LogP contribution in [0.4, 0.5) is 0 Å². The molecular formula is C18H15N2O2+. The third kappa shape index (κ3) is 1.70. The van der Waals surface area contributed by atoms with Crippen molar-refractivity contribution >= 4 is 38.7 Å². The molecule has 4 nitrogen and oxygen atoms in total. The van der Waals surface area contributed by atoms with Gasteiger partial charge in [0.15, 0.2) is 6.20 Å². The Morgan fingerprint density at radius 1 is 1.09 bits per heavy atom. The van der Waals surface area contributed by atoms with Gasteiger partial charge in [0.25, 0.3) is 0 Å². The molecule has 0 radical (unpaired) electrons. The Hall–Kier alpha value is -2.88. The summed E-state index contributed by atoms with van der Waals surface area (Å²) < 4.78 is 6.80. The third-order valence-electron chi connectivity index (χ3n) is 4.13. The fraction of sp³-hybridized carbons (Fsp3) is 0.111. The van der Waals surface area contributed by atoms with Gasteiger partial charge in [0.1, 0.15) is 12.6 Å². The summed E-state index contributed by atoms with van der Waals surface area (Å²) in [4.78, 5) is 15.3. The summed E-state index contributed by atoms with van der Waals surface area (Å²) in [5.74, 6) is -0.328. The van der Waals surface area contributed by atoms with Gasteiger partial charge < -0.3 is 9.72 Å². The van der Waals surface area contributed by atoms with E-state index in [0.29, 0.717) is 5.56 Å². The number of H-pyrrole nitrogens is 1. The molecule has 0 aliphatic heterocycles. The molecule has 0 bridgehead atoms. The average Bonchev–Trinajstić information content (AvgIpc) is 2.93. The number of nitrogens with one attached hydrogen (secondary N) is 1. The highest BCUT2D eigenvalue weighted by atomic mass is 16.5. The number of carbonyl (C=O) groups excluding carboxylic acids is 1. The van der Waals surface area contributed by atoms with Gasteiger partial charge in [-0.3, -0.25) is 0 Å². The summed E-state index contributed by atoms with van der Waals surface area (Å²) in [5.41, 5.74) is 3.74. The number of aryl methyl sites for hydroxylation is 1. The van der Waals surface area contributed by atoms with Crippen LogP contribution >= 0.6 is 0 Å². The molecule has 0 aliphatic carbocycles. The van der Waals surface area contributed by atoms with Crippen LogP contribution < -0.4 is 4.57 Å². The molecule has 0 unspecified atom stereocenters. The number of hydrogen-bond acceptors (Lipinski definition) is 2. The number of ether oxygens (including phenoxy) is 1. The quantitative estimate of drug-likeness (QED) is 0.433. The van der Waals surface area contributed by atoms with Crippen LogP contribution in [0.5, 0.6) is 0 Å².